The Morgan fingerprint density at radius 1 is 1.41 bits per heavy atom. The van der Waals surface area contributed by atoms with E-state index in [1.807, 2.05) is 17.5 Å². The Morgan fingerprint density at radius 3 is 2.88 bits per heavy atom. The number of nitrogens with zero attached hydrogens (tertiary/aromatic N) is 1. The molecular weight excluding hydrogens is 243 g/mol. The molecule has 0 fully saturated rings. The number of nitrogens with one attached hydrogen (secondary N) is 1. The Hall–Kier alpha value is -1.95. The van der Waals surface area contributed by atoms with Crippen LogP contribution in [0.3, 0.4) is 0 Å². The molecule has 4 nitrogen and oxygen atoms in total. The van der Waals surface area contributed by atoms with Gasteiger partial charge in [0.15, 0.2) is 0 Å². The lowest BCUT2D eigenvalue weighted by molar-refractivity contribution is -0.384. The maximum Gasteiger partial charge on any atom is 0.295 e. The zero-order valence-corrected chi connectivity index (χ0v) is 9.54. The van der Waals surface area contributed by atoms with Crippen molar-refractivity contribution in [1.29, 1.82) is 0 Å². The average molecular weight is 252 g/mol. The second-order valence-electron chi connectivity index (χ2n) is 3.35. The molecule has 0 spiro atoms. The highest BCUT2D eigenvalue weighted by molar-refractivity contribution is 7.09. The second-order valence-corrected chi connectivity index (χ2v) is 4.38. The third kappa shape index (κ3) is 2.79. The van der Waals surface area contributed by atoms with Crippen LogP contribution < -0.4 is 5.32 Å². The van der Waals surface area contributed by atoms with Crippen LogP contribution in [0.15, 0.2) is 35.7 Å². The standard InChI is InChI=1S/C11H9FN2O2S/c12-8-3-4-10(11(6-8)14(15)16)13-7-9-2-1-5-17-9/h1-6,13H,7H2. The molecule has 17 heavy (non-hydrogen) atoms. The summed E-state index contributed by atoms with van der Waals surface area (Å²) in [5, 5.41) is 15.6. The van der Waals surface area contributed by atoms with Gasteiger partial charge in [0.25, 0.3) is 5.69 Å². The molecule has 0 aliphatic rings. The minimum atomic E-state index is -0.613. The molecule has 1 N–H and O–H groups in total. The van der Waals surface area contributed by atoms with Gasteiger partial charge in [-0.1, -0.05) is 6.07 Å². The highest BCUT2D eigenvalue weighted by Crippen LogP contribution is 2.25. The van der Waals surface area contributed by atoms with Crippen molar-refractivity contribution in [3.63, 3.8) is 0 Å². The lowest BCUT2D eigenvalue weighted by Crippen LogP contribution is -2.01. The molecule has 0 radical (unpaired) electrons. The summed E-state index contributed by atoms with van der Waals surface area (Å²) in [6.07, 6.45) is 0. The maximum atomic E-state index is 12.9. The highest BCUT2D eigenvalue weighted by Gasteiger charge is 2.14. The van der Waals surface area contributed by atoms with Crippen LogP contribution in [-0.2, 0) is 6.54 Å². The van der Waals surface area contributed by atoms with Crippen molar-refractivity contribution in [3.8, 4) is 0 Å². The summed E-state index contributed by atoms with van der Waals surface area (Å²) in [4.78, 5) is 11.2. The highest BCUT2D eigenvalue weighted by atomic mass is 32.1. The van der Waals surface area contributed by atoms with Crippen LogP contribution in [-0.4, -0.2) is 4.92 Å². The number of rotatable bonds is 4. The van der Waals surface area contributed by atoms with Crippen molar-refractivity contribution in [2.75, 3.05) is 5.32 Å². The number of hydrogen-bond acceptors (Lipinski definition) is 4. The van der Waals surface area contributed by atoms with Crippen LogP contribution in [0.4, 0.5) is 15.8 Å². The number of benzene rings is 1. The van der Waals surface area contributed by atoms with Crippen LogP contribution in [0, 0.1) is 15.9 Å². The van der Waals surface area contributed by atoms with Crippen molar-refractivity contribution in [2.24, 2.45) is 0 Å². The molecule has 2 aromatic rings. The summed E-state index contributed by atoms with van der Waals surface area (Å²) >= 11 is 1.55. The summed E-state index contributed by atoms with van der Waals surface area (Å²) in [5.41, 5.74) is 0.0753. The zero-order valence-electron chi connectivity index (χ0n) is 8.72. The van der Waals surface area contributed by atoms with Crippen LogP contribution in [0.1, 0.15) is 4.88 Å². The Bertz CT molecular complexity index is 528. The fourth-order valence-corrected chi connectivity index (χ4v) is 2.05. The minimum Gasteiger partial charge on any atom is -0.375 e. The summed E-state index contributed by atoms with van der Waals surface area (Å²) < 4.78 is 12.9. The van der Waals surface area contributed by atoms with Gasteiger partial charge >= 0.3 is 0 Å². The molecule has 0 aliphatic heterocycles. The second kappa shape index (κ2) is 4.92. The van der Waals surface area contributed by atoms with E-state index in [0.717, 1.165) is 10.9 Å². The summed E-state index contributed by atoms with van der Waals surface area (Å²) in [5.74, 6) is -0.613. The van der Waals surface area contributed by atoms with Crippen LogP contribution in [0.5, 0.6) is 0 Å². The quantitative estimate of drug-likeness (QED) is 0.670. The summed E-state index contributed by atoms with van der Waals surface area (Å²) in [6, 6.07) is 7.31. The first-order valence-electron chi connectivity index (χ1n) is 4.87. The van der Waals surface area contributed by atoms with Gasteiger partial charge in [-0.15, -0.1) is 11.3 Å². The van der Waals surface area contributed by atoms with Gasteiger partial charge < -0.3 is 5.32 Å². The number of nitro groups is 1. The summed E-state index contributed by atoms with van der Waals surface area (Å²) in [7, 11) is 0. The third-order valence-corrected chi connectivity index (χ3v) is 3.07. The Labute approximate surface area is 101 Å². The molecule has 0 bridgehead atoms. The lowest BCUT2D eigenvalue weighted by Gasteiger charge is -2.05. The van der Waals surface area contributed by atoms with Gasteiger partial charge in [-0.05, 0) is 23.6 Å². The van der Waals surface area contributed by atoms with Gasteiger partial charge in [0, 0.05) is 11.4 Å². The zero-order chi connectivity index (χ0) is 12.3. The van der Waals surface area contributed by atoms with Crippen molar-refractivity contribution in [2.45, 2.75) is 6.54 Å². The topological polar surface area (TPSA) is 55.2 Å². The SMILES string of the molecule is O=[N+]([O-])c1cc(F)ccc1NCc1cccs1. The van der Waals surface area contributed by atoms with Gasteiger partial charge in [0.05, 0.1) is 11.0 Å². The molecule has 0 aliphatic carbocycles. The van der Waals surface area contributed by atoms with E-state index >= 15 is 0 Å². The van der Waals surface area contributed by atoms with E-state index in [9.17, 15) is 14.5 Å². The van der Waals surface area contributed by atoms with E-state index in [4.69, 9.17) is 0 Å². The molecule has 0 atom stereocenters. The van der Waals surface area contributed by atoms with Crippen molar-refractivity contribution in [3.05, 3.63) is 56.5 Å². The third-order valence-electron chi connectivity index (χ3n) is 2.19. The minimum absolute atomic E-state index is 0.249. The first-order chi connectivity index (χ1) is 8.16. The van der Waals surface area contributed by atoms with Crippen LogP contribution in [0.2, 0.25) is 0 Å². The molecular formula is C11H9FN2O2S. The number of hydrogen-bond donors (Lipinski definition) is 1. The van der Waals surface area contributed by atoms with E-state index < -0.39 is 10.7 Å². The number of nitro benzene ring substituents is 1. The van der Waals surface area contributed by atoms with E-state index in [2.05, 4.69) is 5.32 Å². The molecule has 1 aromatic heterocycles. The van der Waals surface area contributed by atoms with Crippen LogP contribution >= 0.6 is 11.3 Å². The van der Waals surface area contributed by atoms with Gasteiger partial charge in [-0.25, -0.2) is 4.39 Å². The molecule has 0 saturated heterocycles. The molecule has 88 valence electrons. The van der Waals surface area contributed by atoms with Gasteiger partial charge in [-0.3, -0.25) is 10.1 Å². The molecule has 0 amide bonds. The Kier molecular flexibility index (Phi) is 3.34. The van der Waals surface area contributed by atoms with E-state index in [-0.39, 0.29) is 5.69 Å². The number of thiophene rings is 1. The number of anilines is 1. The fraction of sp³-hybridized carbons (Fsp3) is 0.0909. The van der Waals surface area contributed by atoms with Crippen LogP contribution in [0.25, 0.3) is 0 Å². The number of halogens is 1. The largest absolute Gasteiger partial charge is 0.375 e. The first kappa shape index (κ1) is 11.5. The van der Waals surface area contributed by atoms with Gasteiger partial charge in [-0.2, -0.15) is 0 Å². The predicted molar refractivity (Wildman–Crippen MR) is 64.7 cm³/mol. The fourth-order valence-electron chi connectivity index (χ4n) is 1.40. The molecule has 2 rings (SSSR count). The molecule has 1 heterocycles. The Morgan fingerprint density at radius 2 is 2.24 bits per heavy atom. The van der Waals surface area contributed by atoms with Crippen molar-refractivity contribution in [1.82, 2.24) is 0 Å². The lowest BCUT2D eigenvalue weighted by atomic mass is 10.2. The van der Waals surface area contributed by atoms with Crippen molar-refractivity contribution < 1.29 is 9.31 Å². The van der Waals surface area contributed by atoms with E-state index in [1.54, 1.807) is 11.3 Å². The monoisotopic (exact) mass is 252 g/mol. The average Bonchev–Trinajstić information content (AvgIpc) is 2.80. The normalized spacial score (nSPS) is 10.2. The molecule has 0 saturated carbocycles. The van der Waals surface area contributed by atoms with E-state index in [0.29, 0.717) is 12.2 Å². The van der Waals surface area contributed by atoms with Gasteiger partial charge in [0.1, 0.15) is 11.5 Å². The predicted octanol–water partition coefficient (Wildman–Crippen LogP) is 3.41. The smallest absolute Gasteiger partial charge is 0.295 e. The molecule has 1 aromatic carbocycles. The first-order valence-corrected chi connectivity index (χ1v) is 5.75. The summed E-state index contributed by atoms with van der Waals surface area (Å²) in [6.45, 7) is 0.490. The molecule has 0 unspecified atom stereocenters. The van der Waals surface area contributed by atoms with Crippen molar-refractivity contribution >= 4 is 22.7 Å². The Balaban J connectivity index is 2.17. The maximum absolute atomic E-state index is 12.9. The molecule has 6 heteroatoms. The van der Waals surface area contributed by atoms with Gasteiger partial charge in [0.2, 0.25) is 0 Å². The van der Waals surface area contributed by atoms with E-state index in [1.165, 1.54) is 12.1 Å².